The number of nitrogens with zero attached hydrogens (tertiary/aromatic N) is 1. The summed E-state index contributed by atoms with van der Waals surface area (Å²) in [6, 6.07) is 6.49. The molecule has 2 N–H and O–H groups in total. The molecule has 1 aliphatic carbocycles. The summed E-state index contributed by atoms with van der Waals surface area (Å²) in [5.41, 5.74) is 1.91. The third kappa shape index (κ3) is 3.36. The maximum absolute atomic E-state index is 5.41. The van der Waals surface area contributed by atoms with Gasteiger partial charge in [0.05, 0.1) is 26.1 Å². The molecule has 0 radical (unpaired) electrons. The Morgan fingerprint density at radius 3 is 2.86 bits per heavy atom. The van der Waals surface area contributed by atoms with E-state index in [0.29, 0.717) is 0 Å². The summed E-state index contributed by atoms with van der Waals surface area (Å²) in [5, 5.41) is 3.49. The van der Waals surface area contributed by atoms with E-state index >= 15 is 0 Å². The van der Waals surface area contributed by atoms with Crippen molar-refractivity contribution in [3.63, 3.8) is 0 Å². The number of aromatic amines is 1. The molecule has 0 saturated heterocycles. The van der Waals surface area contributed by atoms with Crippen LogP contribution in [0.25, 0.3) is 11.3 Å². The van der Waals surface area contributed by atoms with E-state index in [0.717, 1.165) is 47.6 Å². The van der Waals surface area contributed by atoms with Gasteiger partial charge in [0.15, 0.2) is 0 Å². The lowest BCUT2D eigenvalue weighted by molar-refractivity contribution is 0.404. The molecule has 1 saturated carbocycles. The summed E-state index contributed by atoms with van der Waals surface area (Å²) in [7, 11) is 3.33. The van der Waals surface area contributed by atoms with Gasteiger partial charge in [-0.2, -0.15) is 0 Å². The van der Waals surface area contributed by atoms with Crippen LogP contribution in [-0.2, 0) is 6.42 Å². The molecule has 21 heavy (non-hydrogen) atoms. The molecule has 1 heterocycles. The maximum Gasteiger partial charge on any atom is 0.128 e. The molecular formula is C16H21N3O2. The van der Waals surface area contributed by atoms with Crippen molar-refractivity contribution in [3.8, 4) is 22.8 Å². The van der Waals surface area contributed by atoms with Crippen molar-refractivity contribution in [1.29, 1.82) is 0 Å². The number of ether oxygens (including phenoxy) is 2. The first kappa shape index (κ1) is 13.9. The van der Waals surface area contributed by atoms with Gasteiger partial charge in [-0.25, -0.2) is 4.98 Å². The van der Waals surface area contributed by atoms with Crippen LogP contribution >= 0.6 is 0 Å². The normalized spacial score (nSPS) is 14.2. The van der Waals surface area contributed by atoms with E-state index in [4.69, 9.17) is 9.47 Å². The number of hydrogen-bond acceptors (Lipinski definition) is 4. The lowest BCUT2D eigenvalue weighted by Gasteiger charge is -2.08. The van der Waals surface area contributed by atoms with Crippen LogP contribution in [0.3, 0.4) is 0 Å². The van der Waals surface area contributed by atoms with E-state index < -0.39 is 0 Å². The molecule has 0 spiro atoms. The number of methoxy groups -OCH3 is 2. The quantitative estimate of drug-likeness (QED) is 0.821. The number of hydrogen-bond donors (Lipinski definition) is 2. The molecule has 3 rings (SSSR count). The van der Waals surface area contributed by atoms with Gasteiger partial charge in [0.25, 0.3) is 0 Å². The molecule has 0 unspecified atom stereocenters. The predicted molar refractivity (Wildman–Crippen MR) is 81.9 cm³/mol. The zero-order valence-electron chi connectivity index (χ0n) is 12.5. The van der Waals surface area contributed by atoms with Crippen molar-refractivity contribution in [2.24, 2.45) is 0 Å². The molecule has 1 fully saturated rings. The highest BCUT2D eigenvalue weighted by Crippen LogP contribution is 2.32. The minimum atomic E-state index is 0.734. The minimum absolute atomic E-state index is 0.734. The molecule has 0 aliphatic heterocycles. The fraction of sp³-hybridized carbons (Fsp3) is 0.438. The van der Waals surface area contributed by atoms with Crippen molar-refractivity contribution in [1.82, 2.24) is 15.3 Å². The molecule has 2 aromatic rings. The largest absolute Gasteiger partial charge is 0.497 e. The second-order valence-corrected chi connectivity index (χ2v) is 5.29. The first-order valence-corrected chi connectivity index (χ1v) is 7.30. The number of H-pyrrole nitrogens is 1. The molecule has 5 heteroatoms. The first-order valence-electron chi connectivity index (χ1n) is 7.30. The predicted octanol–water partition coefficient (Wildman–Crippen LogP) is 2.39. The lowest BCUT2D eigenvalue weighted by atomic mass is 10.1. The Balaban J connectivity index is 1.74. The van der Waals surface area contributed by atoms with Gasteiger partial charge in [-0.15, -0.1) is 0 Å². The van der Waals surface area contributed by atoms with Crippen molar-refractivity contribution < 1.29 is 9.47 Å². The van der Waals surface area contributed by atoms with Crippen molar-refractivity contribution in [2.45, 2.75) is 25.3 Å². The van der Waals surface area contributed by atoms with E-state index in [2.05, 4.69) is 15.3 Å². The third-order valence-electron chi connectivity index (χ3n) is 3.70. The summed E-state index contributed by atoms with van der Waals surface area (Å²) >= 11 is 0. The van der Waals surface area contributed by atoms with Crippen LogP contribution in [0.15, 0.2) is 24.4 Å². The summed E-state index contributed by atoms with van der Waals surface area (Å²) < 4.78 is 10.7. The molecule has 1 aromatic heterocycles. The van der Waals surface area contributed by atoms with Gasteiger partial charge >= 0.3 is 0 Å². The van der Waals surface area contributed by atoms with Crippen LogP contribution in [0.5, 0.6) is 11.5 Å². The molecule has 5 nitrogen and oxygen atoms in total. The molecule has 0 bridgehead atoms. The van der Waals surface area contributed by atoms with Gasteiger partial charge in [-0.05, 0) is 31.0 Å². The number of imidazole rings is 1. The fourth-order valence-electron chi connectivity index (χ4n) is 2.33. The highest BCUT2D eigenvalue weighted by Gasteiger charge is 2.19. The Kier molecular flexibility index (Phi) is 4.10. The van der Waals surface area contributed by atoms with E-state index in [1.165, 1.54) is 12.8 Å². The lowest BCUT2D eigenvalue weighted by Crippen LogP contribution is -2.19. The van der Waals surface area contributed by atoms with Gasteiger partial charge in [-0.1, -0.05) is 0 Å². The van der Waals surface area contributed by atoms with Gasteiger partial charge < -0.3 is 19.8 Å². The Morgan fingerprint density at radius 1 is 1.29 bits per heavy atom. The average molecular weight is 287 g/mol. The van der Waals surface area contributed by atoms with Crippen LogP contribution in [-0.4, -0.2) is 36.8 Å². The van der Waals surface area contributed by atoms with Crippen LogP contribution < -0.4 is 14.8 Å². The summed E-state index contributed by atoms with van der Waals surface area (Å²) in [5.74, 6) is 2.60. The van der Waals surface area contributed by atoms with Crippen LogP contribution in [0.4, 0.5) is 0 Å². The van der Waals surface area contributed by atoms with Gasteiger partial charge in [0.2, 0.25) is 0 Å². The Morgan fingerprint density at radius 2 is 2.14 bits per heavy atom. The number of rotatable bonds is 7. The smallest absolute Gasteiger partial charge is 0.128 e. The van der Waals surface area contributed by atoms with Crippen molar-refractivity contribution in [2.75, 3.05) is 20.8 Å². The molecule has 0 amide bonds. The molecule has 1 aliphatic rings. The molecular weight excluding hydrogens is 266 g/mol. The average Bonchev–Trinajstić information content (AvgIpc) is 3.22. The van der Waals surface area contributed by atoms with Crippen LogP contribution in [0, 0.1) is 0 Å². The van der Waals surface area contributed by atoms with E-state index in [9.17, 15) is 0 Å². The summed E-state index contributed by atoms with van der Waals surface area (Å²) in [6.45, 7) is 0.965. The fourth-order valence-corrected chi connectivity index (χ4v) is 2.33. The van der Waals surface area contributed by atoms with Gasteiger partial charge in [0, 0.05) is 24.6 Å². The number of nitrogens with one attached hydrogen (secondary N) is 2. The second-order valence-electron chi connectivity index (χ2n) is 5.29. The molecule has 112 valence electrons. The monoisotopic (exact) mass is 287 g/mol. The zero-order chi connectivity index (χ0) is 14.7. The highest BCUT2D eigenvalue weighted by molar-refractivity contribution is 5.68. The van der Waals surface area contributed by atoms with E-state index in [1.807, 2.05) is 24.4 Å². The Bertz CT molecular complexity index is 605. The van der Waals surface area contributed by atoms with Gasteiger partial charge in [0.1, 0.15) is 17.3 Å². The maximum atomic E-state index is 5.41. The number of aromatic nitrogens is 2. The highest BCUT2D eigenvalue weighted by atomic mass is 16.5. The Labute approximate surface area is 124 Å². The Hall–Kier alpha value is -2.01. The van der Waals surface area contributed by atoms with Gasteiger partial charge in [-0.3, -0.25) is 0 Å². The van der Waals surface area contributed by atoms with Crippen LogP contribution in [0.2, 0.25) is 0 Å². The van der Waals surface area contributed by atoms with Crippen molar-refractivity contribution >= 4 is 0 Å². The standard InChI is InChI=1S/C16H21N3O2/c1-20-12-5-6-15(21-2)13(9-12)14-10-18-16(19-14)7-8-17-11-3-4-11/h5-6,9-11,17H,3-4,7-8H2,1-2H3,(H,18,19). The zero-order valence-corrected chi connectivity index (χ0v) is 12.5. The third-order valence-corrected chi connectivity index (χ3v) is 3.70. The summed E-state index contributed by atoms with van der Waals surface area (Å²) in [4.78, 5) is 7.81. The molecule has 1 aromatic carbocycles. The second kappa shape index (κ2) is 6.18. The minimum Gasteiger partial charge on any atom is -0.497 e. The topological polar surface area (TPSA) is 59.2 Å². The van der Waals surface area contributed by atoms with E-state index in [-0.39, 0.29) is 0 Å². The molecule has 0 atom stereocenters. The summed E-state index contributed by atoms with van der Waals surface area (Å²) in [6.07, 6.45) is 5.38. The van der Waals surface area contributed by atoms with Crippen LogP contribution in [0.1, 0.15) is 18.7 Å². The number of benzene rings is 1. The van der Waals surface area contributed by atoms with Crippen molar-refractivity contribution in [3.05, 3.63) is 30.2 Å². The SMILES string of the molecule is COc1ccc(OC)c(-c2cnc(CCNC3CC3)[nH]2)c1. The first-order chi connectivity index (χ1) is 10.3. The van der Waals surface area contributed by atoms with E-state index in [1.54, 1.807) is 14.2 Å².